The van der Waals surface area contributed by atoms with Gasteiger partial charge in [-0.2, -0.15) is 0 Å². The molecule has 0 saturated carbocycles. The molecule has 3 unspecified atom stereocenters. The molecule has 0 aliphatic carbocycles. The third-order valence-corrected chi connectivity index (χ3v) is 2.81. The van der Waals surface area contributed by atoms with E-state index < -0.39 is 0 Å². The summed E-state index contributed by atoms with van der Waals surface area (Å²) in [5.41, 5.74) is 0.787. The monoisotopic (exact) mass is 224 g/mol. The maximum atomic E-state index is 12.8. The summed E-state index contributed by atoms with van der Waals surface area (Å²) in [7, 11) is 0. The van der Waals surface area contributed by atoms with Gasteiger partial charge in [-0.15, -0.1) is 0 Å². The second kappa shape index (κ2) is 4.89. The number of nitrogens with zero attached hydrogens (tertiary/aromatic N) is 1. The number of hydrogen-bond acceptors (Lipinski definition) is 3. The van der Waals surface area contributed by atoms with E-state index in [9.17, 15) is 4.39 Å². The van der Waals surface area contributed by atoms with Gasteiger partial charge < -0.3 is 10.1 Å². The molecule has 1 aromatic heterocycles. The Bertz CT molecular complexity index is 341. The summed E-state index contributed by atoms with van der Waals surface area (Å²) < 4.78 is 18.6. The van der Waals surface area contributed by atoms with Crippen LogP contribution in [0.4, 0.5) is 4.39 Å². The normalized spacial score (nSPS) is 31.1. The standard InChI is InChI=1S/C12H17FN2O/c1-8-5-9(2)16-12(7-14-8)11-4-3-10(13)6-15-11/h3-4,6,8-9,12,14H,5,7H2,1-2H3. The number of ether oxygens (including phenoxy) is 1. The van der Waals surface area contributed by atoms with Gasteiger partial charge in [0, 0.05) is 12.6 Å². The number of nitrogens with one attached hydrogen (secondary N) is 1. The van der Waals surface area contributed by atoms with Gasteiger partial charge in [-0.25, -0.2) is 4.39 Å². The lowest BCUT2D eigenvalue weighted by molar-refractivity contribution is 0.00485. The lowest BCUT2D eigenvalue weighted by Crippen LogP contribution is -2.28. The van der Waals surface area contributed by atoms with E-state index in [-0.39, 0.29) is 18.0 Å². The van der Waals surface area contributed by atoms with Gasteiger partial charge in [0.2, 0.25) is 0 Å². The minimum absolute atomic E-state index is 0.0828. The van der Waals surface area contributed by atoms with E-state index in [2.05, 4.69) is 24.1 Å². The summed E-state index contributed by atoms with van der Waals surface area (Å²) in [5.74, 6) is -0.313. The Morgan fingerprint density at radius 2 is 2.25 bits per heavy atom. The van der Waals surface area contributed by atoms with E-state index in [4.69, 9.17) is 4.74 Å². The van der Waals surface area contributed by atoms with Gasteiger partial charge in [-0.1, -0.05) is 0 Å². The Hall–Kier alpha value is -1.00. The first-order valence-electron chi connectivity index (χ1n) is 5.65. The van der Waals surface area contributed by atoms with Crippen LogP contribution in [0.5, 0.6) is 0 Å². The fourth-order valence-corrected chi connectivity index (χ4v) is 2.03. The largest absolute Gasteiger partial charge is 0.368 e. The van der Waals surface area contributed by atoms with E-state index in [1.165, 1.54) is 12.3 Å². The Labute approximate surface area is 95.0 Å². The molecule has 1 saturated heterocycles. The molecule has 4 heteroatoms. The molecule has 0 amide bonds. The number of pyridine rings is 1. The summed E-state index contributed by atoms with van der Waals surface area (Å²) in [5, 5.41) is 3.38. The lowest BCUT2D eigenvalue weighted by Gasteiger charge is -2.17. The van der Waals surface area contributed by atoms with Crippen molar-refractivity contribution in [1.82, 2.24) is 10.3 Å². The molecule has 88 valence electrons. The van der Waals surface area contributed by atoms with Crippen molar-refractivity contribution in [3.05, 3.63) is 29.8 Å². The molecule has 1 aliphatic rings. The van der Waals surface area contributed by atoms with Crippen molar-refractivity contribution < 1.29 is 9.13 Å². The Morgan fingerprint density at radius 3 is 2.94 bits per heavy atom. The van der Waals surface area contributed by atoms with Crippen molar-refractivity contribution in [3.8, 4) is 0 Å². The van der Waals surface area contributed by atoms with E-state index in [0.29, 0.717) is 6.04 Å². The Kier molecular flexibility index (Phi) is 3.51. The second-order valence-electron chi connectivity index (χ2n) is 4.38. The zero-order chi connectivity index (χ0) is 11.5. The van der Waals surface area contributed by atoms with Crippen LogP contribution in [0.3, 0.4) is 0 Å². The van der Waals surface area contributed by atoms with Gasteiger partial charge >= 0.3 is 0 Å². The van der Waals surface area contributed by atoms with Crippen molar-refractivity contribution in [2.75, 3.05) is 6.54 Å². The fraction of sp³-hybridized carbons (Fsp3) is 0.583. The number of hydrogen-bond donors (Lipinski definition) is 1. The summed E-state index contributed by atoms with van der Waals surface area (Å²) >= 11 is 0. The van der Waals surface area contributed by atoms with Crippen LogP contribution >= 0.6 is 0 Å². The molecule has 1 aliphatic heterocycles. The molecule has 16 heavy (non-hydrogen) atoms. The zero-order valence-corrected chi connectivity index (χ0v) is 9.61. The molecular weight excluding hydrogens is 207 g/mol. The number of halogens is 1. The highest BCUT2D eigenvalue weighted by atomic mass is 19.1. The van der Waals surface area contributed by atoms with Crippen LogP contribution < -0.4 is 5.32 Å². The minimum atomic E-state index is -0.313. The van der Waals surface area contributed by atoms with Crippen molar-refractivity contribution in [2.45, 2.75) is 38.5 Å². The number of rotatable bonds is 1. The molecule has 1 fully saturated rings. The fourth-order valence-electron chi connectivity index (χ4n) is 2.03. The molecule has 0 bridgehead atoms. The molecular formula is C12H17FN2O. The summed E-state index contributed by atoms with van der Waals surface area (Å²) in [6.07, 6.45) is 2.33. The molecule has 0 aromatic carbocycles. The van der Waals surface area contributed by atoms with Crippen LogP contribution in [-0.4, -0.2) is 23.7 Å². The highest BCUT2D eigenvalue weighted by molar-refractivity contribution is 5.09. The summed E-state index contributed by atoms with van der Waals surface area (Å²) in [6, 6.07) is 3.55. The van der Waals surface area contributed by atoms with Crippen LogP contribution in [0.15, 0.2) is 18.3 Å². The number of aromatic nitrogens is 1. The second-order valence-corrected chi connectivity index (χ2v) is 4.38. The molecule has 3 atom stereocenters. The molecule has 0 spiro atoms. The minimum Gasteiger partial charge on any atom is -0.368 e. The van der Waals surface area contributed by atoms with Crippen molar-refractivity contribution in [2.24, 2.45) is 0 Å². The van der Waals surface area contributed by atoms with Gasteiger partial charge in [-0.3, -0.25) is 4.98 Å². The summed E-state index contributed by atoms with van der Waals surface area (Å²) in [6.45, 7) is 4.92. The van der Waals surface area contributed by atoms with Crippen LogP contribution in [0.2, 0.25) is 0 Å². The highest BCUT2D eigenvalue weighted by Crippen LogP contribution is 2.21. The van der Waals surface area contributed by atoms with Crippen LogP contribution in [0.25, 0.3) is 0 Å². The van der Waals surface area contributed by atoms with Gasteiger partial charge in [0.15, 0.2) is 0 Å². The van der Waals surface area contributed by atoms with Gasteiger partial charge in [0.05, 0.1) is 18.0 Å². The Morgan fingerprint density at radius 1 is 1.44 bits per heavy atom. The maximum Gasteiger partial charge on any atom is 0.141 e. The maximum absolute atomic E-state index is 12.8. The van der Waals surface area contributed by atoms with Crippen molar-refractivity contribution >= 4 is 0 Å². The first kappa shape index (κ1) is 11.5. The first-order valence-corrected chi connectivity index (χ1v) is 5.65. The van der Waals surface area contributed by atoms with Crippen LogP contribution in [0, 0.1) is 5.82 Å². The molecule has 3 nitrogen and oxygen atoms in total. The average molecular weight is 224 g/mol. The molecule has 0 radical (unpaired) electrons. The zero-order valence-electron chi connectivity index (χ0n) is 9.61. The molecule has 1 aromatic rings. The van der Waals surface area contributed by atoms with E-state index in [0.717, 1.165) is 18.7 Å². The van der Waals surface area contributed by atoms with Gasteiger partial charge in [-0.05, 0) is 32.4 Å². The van der Waals surface area contributed by atoms with Crippen molar-refractivity contribution in [1.29, 1.82) is 0 Å². The highest BCUT2D eigenvalue weighted by Gasteiger charge is 2.22. The van der Waals surface area contributed by atoms with Crippen LogP contribution in [0.1, 0.15) is 32.1 Å². The smallest absolute Gasteiger partial charge is 0.141 e. The molecule has 1 N–H and O–H groups in total. The van der Waals surface area contributed by atoms with E-state index in [1.807, 2.05) is 0 Å². The SMILES string of the molecule is CC1CC(C)OC(c2ccc(F)cn2)CN1. The lowest BCUT2D eigenvalue weighted by atomic mass is 10.2. The molecule has 2 rings (SSSR count). The van der Waals surface area contributed by atoms with E-state index >= 15 is 0 Å². The summed E-state index contributed by atoms with van der Waals surface area (Å²) in [4.78, 5) is 4.06. The van der Waals surface area contributed by atoms with Crippen molar-refractivity contribution in [3.63, 3.8) is 0 Å². The predicted octanol–water partition coefficient (Wildman–Crippen LogP) is 2.05. The topological polar surface area (TPSA) is 34.1 Å². The Balaban J connectivity index is 2.11. The quantitative estimate of drug-likeness (QED) is 0.792. The van der Waals surface area contributed by atoms with Gasteiger partial charge in [0.25, 0.3) is 0 Å². The predicted molar refractivity (Wildman–Crippen MR) is 59.6 cm³/mol. The first-order chi connectivity index (χ1) is 7.65. The van der Waals surface area contributed by atoms with Gasteiger partial charge in [0.1, 0.15) is 11.9 Å². The third kappa shape index (κ3) is 2.77. The third-order valence-electron chi connectivity index (χ3n) is 2.81. The molecule has 2 heterocycles. The van der Waals surface area contributed by atoms with E-state index in [1.54, 1.807) is 6.07 Å². The van der Waals surface area contributed by atoms with Crippen LogP contribution in [-0.2, 0) is 4.74 Å². The average Bonchev–Trinajstić information content (AvgIpc) is 2.41.